The summed E-state index contributed by atoms with van der Waals surface area (Å²) in [5.74, 6) is 0. The average molecular weight is 292 g/mol. The Balaban J connectivity index is -0.0000000138. The van der Waals surface area contributed by atoms with Crippen molar-refractivity contribution >= 4 is 29.5 Å². The molecule has 0 spiro atoms. The van der Waals surface area contributed by atoms with Crippen molar-refractivity contribution in [1.82, 2.24) is 0 Å². The first-order chi connectivity index (χ1) is 4.41. The van der Waals surface area contributed by atoms with Gasteiger partial charge in [-0.25, -0.2) is 0 Å². The van der Waals surface area contributed by atoms with Crippen LogP contribution >= 0.6 is 12.3 Å². The van der Waals surface area contributed by atoms with Gasteiger partial charge in [-0.2, -0.15) is 0 Å². The standard InChI is InChI=1S/CH2O.Fe.2Na.H2O4S.H2O2S/c1-2;;;;1-5(2,3)4;1-3-2/h1H2;;;;(H2,1,2,3,4);1-2H/q;+2;2*+1;;/p-4. The molecule has 70 valence electrons. The Labute approximate surface area is 135 Å². The van der Waals surface area contributed by atoms with Crippen LogP contribution in [-0.4, -0.2) is 33.4 Å². The van der Waals surface area contributed by atoms with Crippen molar-refractivity contribution in [3.05, 3.63) is 0 Å². The molecule has 0 atom stereocenters. The van der Waals surface area contributed by atoms with Crippen LogP contribution in [0.25, 0.3) is 0 Å². The molecule has 0 aliphatic heterocycles. The van der Waals surface area contributed by atoms with Crippen LogP contribution in [0.4, 0.5) is 0 Å². The second kappa shape index (κ2) is 29.3. The molecule has 0 aliphatic carbocycles. The molecule has 0 N–H and O–H groups in total. The number of carbonyl (C=O) groups is 1. The molecule has 0 rings (SSSR count). The molecule has 12 heteroatoms. The molecule has 0 radical (unpaired) electrons. The Hall–Kier alpha value is 2.33. The third-order valence-corrected chi connectivity index (χ3v) is 0. The minimum Gasteiger partial charge on any atom is -0.811 e. The summed E-state index contributed by atoms with van der Waals surface area (Å²) in [6, 6.07) is 0. The molecule has 0 amide bonds. The normalized spacial score (nSPS) is 6.15. The molecule has 0 aromatic rings. The van der Waals surface area contributed by atoms with Gasteiger partial charge in [0.05, 0.1) is 0 Å². The first kappa shape index (κ1) is 36.2. The van der Waals surface area contributed by atoms with E-state index in [4.69, 9.17) is 31.4 Å². The zero-order valence-electron chi connectivity index (χ0n) is 6.73. The molecule has 0 bridgehead atoms. The molecule has 0 aromatic carbocycles. The van der Waals surface area contributed by atoms with Crippen LogP contribution in [0.3, 0.4) is 0 Å². The van der Waals surface area contributed by atoms with E-state index in [-0.39, 0.29) is 76.2 Å². The SMILES string of the molecule is C=O.O=S(=O)([O-])[O-].[Fe+2].[Na+].[Na+].[O-]S[O-]. The van der Waals surface area contributed by atoms with Crippen molar-refractivity contribution < 1.29 is 108 Å². The van der Waals surface area contributed by atoms with Gasteiger partial charge in [-0.05, 0) is 0 Å². The van der Waals surface area contributed by atoms with E-state index in [1.807, 2.05) is 6.79 Å². The molecule has 0 aliphatic rings. The zero-order chi connectivity index (χ0) is 9.21. The van der Waals surface area contributed by atoms with Crippen molar-refractivity contribution in [2.24, 2.45) is 0 Å². The van der Waals surface area contributed by atoms with Crippen molar-refractivity contribution in [2.45, 2.75) is 0 Å². The van der Waals surface area contributed by atoms with Gasteiger partial charge in [-0.1, -0.05) is 0 Å². The van der Waals surface area contributed by atoms with E-state index in [0.717, 1.165) is 0 Å². The smallest absolute Gasteiger partial charge is 0.811 e. The maximum absolute atomic E-state index is 8.52. The summed E-state index contributed by atoms with van der Waals surface area (Å²) < 4.78 is 50.7. The van der Waals surface area contributed by atoms with Gasteiger partial charge in [0.2, 0.25) is 0 Å². The maximum Gasteiger partial charge on any atom is 2.00 e. The van der Waals surface area contributed by atoms with E-state index < -0.39 is 22.7 Å². The van der Waals surface area contributed by atoms with Crippen LogP contribution in [0, 0.1) is 0 Å². The fourth-order valence-corrected chi connectivity index (χ4v) is 0. The summed E-state index contributed by atoms with van der Waals surface area (Å²) in [4.78, 5) is 8.00. The third kappa shape index (κ3) is 401. The van der Waals surface area contributed by atoms with Crippen LogP contribution in [0.15, 0.2) is 0 Å². The first-order valence-electron chi connectivity index (χ1n) is 1.29. The van der Waals surface area contributed by atoms with Crippen molar-refractivity contribution in [3.63, 3.8) is 0 Å². The first-order valence-corrected chi connectivity index (χ1v) is 3.29. The van der Waals surface area contributed by atoms with E-state index in [9.17, 15) is 0 Å². The van der Waals surface area contributed by atoms with Gasteiger partial charge in [0.25, 0.3) is 0 Å². The van der Waals surface area contributed by atoms with Crippen molar-refractivity contribution in [2.75, 3.05) is 0 Å². The second-order valence-electron chi connectivity index (χ2n) is 0.476. The summed E-state index contributed by atoms with van der Waals surface area (Å²) >= 11 is -0.750. The molecule has 13 heavy (non-hydrogen) atoms. The minimum atomic E-state index is -5.17. The Kier molecular flexibility index (Phi) is 81.4. The van der Waals surface area contributed by atoms with Gasteiger partial charge in [-0.15, -0.1) is 0 Å². The average Bonchev–Trinajstić information content (AvgIpc) is 1.68. The largest absolute Gasteiger partial charge is 2.00 e. The molecule has 0 fully saturated rings. The maximum atomic E-state index is 8.52. The van der Waals surface area contributed by atoms with Gasteiger partial charge in [0.1, 0.15) is 6.79 Å². The van der Waals surface area contributed by atoms with E-state index in [1.165, 1.54) is 0 Å². The second-order valence-corrected chi connectivity index (χ2v) is 1.43. The van der Waals surface area contributed by atoms with Gasteiger partial charge in [-0.3, -0.25) is 8.42 Å². The molecule has 7 nitrogen and oxygen atoms in total. The summed E-state index contributed by atoms with van der Waals surface area (Å²) in [6.07, 6.45) is 0. The zero-order valence-corrected chi connectivity index (χ0v) is 13.5. The van der Waals surface area contributed by atoms with Crippen LogP contribution < -0.4 is 59.1 Å². The molecule has 0 aromatic heterocycles. The van der Waals surface area contributed by atoms with Crippen LogP contribution in [0.5, 0.6) is 0 Å². The molecule has 0 unspecified atom stereocenters. The predicted octanol–water partition coefficient (Wildman–Crippen LogP) is -7.54. The molecular formula is CH2FeNa2O7S2. The predicted molar refractivity (Wildman–Crippen MR) is 26.7 cm³/mol. The Morgan fingerprint density at radius 1 is 1.00 bits per heavy atom. The molecule has 0 heterocycles. The van der Waals surface area contributed by atoms with Crippen molar-refractivity contribution in [1.29, 1.82) is 0 Å². The Morgan fingerprint density at radius 2 is 1.00 bits per heavy atom. The van der Waals surface area contributed by atoms with E-state index in [1.54, 1.807) is 0 Å². The monoisotopic (exact) mass is 292 g/mol. The van der Waals surface area contributed by atoms with Crippen LogP contribution in [0.1, 0.15) is 0 Å². The van der Waals surface area contributed by atoms with Gasteiger partial charge >= 0.3 is 76.2 Å². The Morgan fingerprint density at radius 3 is 1.00 bits per heavy atom. The quantitative estimate of drug-likeness (QED) is 0.185. The van der Waals surface area contributed by atoms with Crippen molar-refractivity contribution in [3.8, 4) is 0 Å². The van der Waals surface area contributed by atoms with Crippen LogP contribution in [-0.2, 0) is 32.3 Å². The van der Waals surface area contributed by atoms with E-state index in [2.05, 4.69) is 0 Å². The number of hydrogen-bond donors (Lipinski definition) is 0. The molecule has 0 saturated heterocycles. The molecular weight excluding hydrogens is 290 g/mol. The summed E-state index contributed by atoms with van der Waals surface area (Å²) in [6.45, 7) is 2.00. The third-order valence-electron chi connectivity index (χ3n) is 0. The summed E-state index contributed by atoms with van der Waals surface area (Å²) in [5.41, 5.74) is 0. The summed E-state index contributed by atoms with van der Waals surface area (Å²) in [7, 11) is -5.17. The fourth-order valence-electron chi connectivity index (χ4n) is 0. The summed E-state index contributed by atoms with van der Waals surface area (Å²) in [5, 5.41) is 0. The fraction of sp³-hybridized carbons (Fsp3) is 0. The van der Waals surface area contributed by atoms with Gasteiger partial charge in [0.15, 0.2) is 0 Å². The van der Waals surface area contributed by atoms with Crippen LogP contribution in [0.2, 0.25) is 0 Å². The van der Waals surface area contributed by atoms with E-state index >= 15 is 0 Å². The number of carbonyl (C=O) groups excluding carboxylic acids is 1. The number of hydrogen-bond acceptors (Lipinski definition) is 8. The van der Waals surface area contributed by atoms with Gasteiger partial charge in [0, 0.05) is 10.4 Å². The minimum absolute atomic E-state index is 0. The molecule has 0 saturated carbocycles. The topological polar surface area (TPSA) is 143 Å². The van der Waals surface area contributed by atoms with Gasteiger partial charge < -0.3 is 35.3 Å². The Bertz CT molecular complexity index is 129. The van der Waals surface area contributed by atoms with E-state index in [0.29, 0.717) is 0 Å². The number of rotatable bonds is 0.